The SMILES string of the molecule is Cc1cnc(N2CCC([C@H]3C[C@H]3CCOc3cc(C#N)nc(C)n3)CC2)cn1. The van der Waals surface area contributed by atoms with Gasteiger partial charge in [-0.3, -0.25) is 4.98 Å². The lowest BCUT2D eigenvalue weighted by molar-refractivity contribution is 0.275. The first-order chi connectivity index (χ1) is 13.6. The second-order valence-electron chi connectivity index (χ2n) is 7.89. The topological polar surface area (TPSA) is 87.8 Å². The van der Waals surface area contributed by atoms with Crippen molar-refractivity contribution in [3.8, 4) is 11.9 Å². The number of piperidine rings is 1. The summed E-state index contributed by atoms with van der Waals surface area (Å²) in [5.41, 5.74) is 1.32. The van der Waals surface area contributed by atoms with Crippen molar-refractivity contribution in [3.05, 3.63) is 35.7 Å². The fourth-order valence-corrected chi connectivity index (χ4v) is 4.27. The molecular formula is C21H26N6O. The Morgan fingerprint density at radius 1 is 1.18 bits per heavy atom. The van der Waals surface area contributed by atoms with Crippen LogP contribution in [-0.2, 0) is 0 Å². The Bertz CT molecular complexity index is 854. The number of aromatic nitrogens is 4. The minimum Gasteiger partial charge on any atom is -0.478 e. The number of rotatable bonds is 6. The van der Waals surface area contributed by atoms with E-state index in [1.54, 1.807) is 13.0 Å². The predicted octanol–water partition coefficient (Wildman–Crippen LogP) is 3.08. The van der Waals surface area contributed by atoms with E-state index in [2.05, 4.69) is 24.8 Å². The first-order valence-corrected chi connectivity index (χ1v) is 10.0. The van der Waals surface area contributed by atoms with Gasteiger partial charge >= 0.3 is 0 Å². The van der Waals surface area contributed by atoms with E-state index in [-0.39, 0.29) is 0 Å². The molecule has 3 heterocycles. The molecule has 2 fully saturated rings. The standard InChI is InChI=1S/C21H26N6O/c1-14-12-24-20(13-23-14)27-6-3-16(4-7-27)19-9-17(19)5-8-28-21-10-18(11-22)25-15(2)26-21/h10,12-13,16-17,19H,3-9H2,1-2H3/t17-,19-/m1/s1. The molecule has 2 aromatic rings. The molecule has 146 valence electrons. The highest BCUT2D eigenvalue weighted by Gasteiger charge is 2.43. The molecule has 7 heteroatoms. The van der Waals surface area contributed by atoms with E-state index in [1.165, 1.54) is 19.3 Å². The molecule has 0 amide bonds. The number of hydrogen-bond acceptors (Lipinski definition) is 7. The van der Waals surface area contributed by atoms with Crippen molar-refractivity contribution in [1.82, 2.24) is 19.9 Å². The zero-order valence-corrected chi connectivity index (χ0v) is 16.5. The molecule has 4 rings (SSSR count). The van der Waals surface area contributed by atoms with Gasteiger partial charge < -0.3 is 9.64 Å². The Morgan fingerprint density at radius 3 is 2.71 bits per heavy atom. The molecule has 1 saturated carbocycles. The minimum absolute atomic E-state index is 0.358. The van der Waals surface area contributed by atoms with E-state index in [0.717, 1.165) is 48.8 Å². The third kappa shape index (κ3) is 4.38. The maximum absolute atomic E-state index is 8.99. The zero-order chi connectivity index (χ0) is 19.5. The average Bonchev–Trinajstić information content (AvgIpc) is 3.48. The summed E-state index contributed by atoms with van der Waals surface area (Å²) in [6.07, 6.45) is 8.56. The van der Waals surface area contributed by atoms with Crippen molar-refractivity contribution >= 4 is 5.82 Å². The first kappa shape index (κ1) is 18.6. The van der Waals surface area contributed by atoms with Crippen LogP contribution >= 0.6 is 0 Å². The fourth-order valence-electron chi connectivity index (χ4n) is 4.27. The molecule has 28 heavy (non-hydrogen) atoms. The fraction of sp³-hybridized carbons (Fsp3) is 0.571. The van der Waals surface area contributed by atoms with E-state index in [9.17, 15) is 0 Å². The molecule has 2 atom stereocenters. The van der Waals surface area contributed by atoms with Crippen LogP contribution in [0.4, 0.5) is 5.82 Å². The van der Waals surface area contributed by atoms with Gasteiger partial charge in [0.2, 0.25) is 5.88 Å². The maximum Gasteiger partial charge on any atom is 0.217 e. The zero-order valence-electron chi connectivity index (χ0n) is 16.5. The molecule has 0 unspecified atom stereocenters. The van der Waals surface area contributed by atoms with E-state index >= 15 is 0 Å². The summed E-state index contributed by atoms with van der Waals surface area (Å²) in [6, 6.07) is 3.66. The lowest BCUT2D eigenvalue weighted by Gasteiger charge is -2.33. The summed E-state index contributed by atoms with van der Waals surface area (Å²) in [7, 11) is 0. The normalized spacial score (nSPS) is 22.0. The summed E-state index contributed by atoms with van der Waals surface area (Å²) < 4.78 is 5.77. The van der Waals surface area contributed by atoms with Gasteiger partial charge in [0.1, 0.15) is 23.4 Å². The van der Waals surface area contributed by atoms with Crippen LogP contribution in [0.2, 0.25) is 0 Å². The molecule has 0 spiro atoms. The van der Waals surface area contributed by atoms with Crippen LogP contribution in [-0.4, -0.2) is 39.6 Å². The van der Waals surface area contributed by atoms with E-state index < -0.39 is 0 Å². The summed E-state index contributed by atoms with van der Waals surface area (Å²) in [4.78, 5) is 19.5. The van der Waals surface area contributed by atoms with Gasteiger partial charge in [0.15, 0.2) is 0 Å². The quantitative estimate of drug-likeness (QED) is 0.763. The van der Waals surface area contributed by atoms with Crippen molar-refractivity contribution in [3.63, 3.8) is 0 Å². The number of nitriles is 1. The molecule has 0 aromatic carbocycles. The largest absolute Gasteiger partial charge is 0.478 e. The third-order valence-electron chi connectivity index (χ3n) is 5.88. The highest BCUT2D eigenvalue weighted by molar-refractivity contribution is 5.36. The Morgan fingerprint density at radius 2 is 2.00 bits per heavy atom. The Hall–Kier alpha value is -2.75. The van der Waals surface area contributed by atoms with Crippen LogP contribution in [0.5, 0.6) is 5.88 Å². The van der Waals surface area contributed by atoms with Crippen molar-refractivity contribution in [2.75, 3.05) is 24.6 Å². The Kier molecular flexibility index (Phi) is 5.38. The highest BCUT2D eigenvalue weighted by Crippen LogP contribution is 2.49. The Balaban J connectivity index is 1.20. The number of nitrogens with zero attached hydrogens (tertiary/aromatic N) is 6. The molecule has 7 nitrogen and oxygen atoms in total. The highest BCUT2D eigenvalue weighted by atomic mass is 16.5. The van der Waals surface area contributed by atoms with Gasteiger partial charge in [-0.25, -0.2) is 9.97 Å². The molecule has 0 bridgehead atoms. The van der Waals surface area contributed by atoms with Crippen LogP contribution < -0.4 is 9.64 Å². The van der Waals surface area contributed by atoms with Crippen LogP contribution in [0.3, 0.4) is 0 Å². The van der Waals surface area contributed by atoms with Gasteiger partial charge in [-0.05, 0) is 57.3 Å². The smallest absolute Gasteiger partial charge is 0.217 e. The van der Waals surface area contributed by atoms with Gasteiger partial charge in [0.25, 0.3) is 0 Å². The number of ether oxygens (including phenoxy) is 1. The molecule has 1 saturated heterocycles. The van der Waals surface area contributed by atoms with Crippen molar-refractivity contribution in [2.24, 2.45) is 17.8 Å². The number of anilines is 1. The molecule has 1 aliphatic carbocycles. The van der Waals surface area contributed by atoms with Gasteiger partial charge in [-0.1, -0.05) is 0 Å². The molecule has 0 N–H and O–H groups in total. The number of aryl methyl sites for hydroxylation is 2. The molecule has 2 aromatic heterocycles. The van der Waals surface area contributed by atoms with E-state index in [4.69, 9.17) is 10.00 Å². The number of hydrogen-bond donors (Lipinski definition) is 0. The predicted molar refractivity (Wildman–Crippen MR) is 105 cm³/mol. The third-order valence-corrected chi connectivity index (χ3v) is 5.88. The molecule has 1 aliphatic heterocycles. The van der Waals surface area contributed by atoms with E-state index in [1.807, 2.05) is 25.4 Å². The van der Waals surface area contributed by atoms with Crippen molar-refractivity contribution < 1.29 is 4.74 Å². The second-order valence-corrected chi connectivity index (χ2v) is 7.89. The van der Waals surface area contributed by atoms with Crippen LogP contribution in [0.25, 0.3) is 0 Å². The van der Waals surface area contributed by atoms with Crippen LogP contribution in [0.15, 0.2) is 18.5 Å². The lowest BCUT2D eigenvalue weighted by atomic mass is 9.90. The minimum atomic E-state index is 0.358. The van der Waals surface area contributed by atoms with Gasteiger partial charge in [-0.2, -0.15) is 10.2 Å². The van der Waals surface area contributed by atoms with Gasteiger partial charge in [0.05, 0.1) is 24.7 Å². The summed E-state index contributed by atoms with van der Waals surface area (Å²) in [5, 5.41) is 8.99. The monoisotopic (exact) mass is 378 g/mol. The summed E-state index contributed by atoms with van der Waals surface area (Å²) >= 11 is 0. The Labute approximate surface area is 165 Å². The van der Waals surface area contributed by atoms with Crippen LogP contribution in [0, 0.1) is 42.9 Å². The van der Waals surface area contributed by atoms with Crippen molar-refractivity contribution in [2.45, 2.75) is 39.5 Å². The molecular weight excluding hydrogens is 352 g/mol. The average molecular weight is 378 g/mol. The van der Waals surface area contributed by atoms with Gasteiger partial charge in [-0.15, -0.1) is 0 Å². The molecule has 2 aliphatic rings. The van der Waals surface area contributed by atoms with Crippen molar-refractivity contribution in [1.29, 1.82) is 5.26 Å². The maximum atomic E-state index is 8.99. The second kappa shape index (κ2) is 8.09. The first-order valence-electron chi connectivity index (χ1n) is 10.0. The van der Waals surface area contributed by atoms with Crippen LogP contribution in [0.1, 0.15) is 42.9 Å². The van der Waals surface area contributed by atoms with Gasteiger partial charge in [0, 0.05) is 19.2 Å². The lowest BCUT2D eigenvalue weighted by Crippen LogP contribution is -2.35. The molecule has 0 radical (unpaired) electrons. The summed E-state index contributed by atoms with van der Waals surface area (Å²) in [6.45, 7) is 6.53. The summed E-state index contributed by atoms with van der Waals surface area (Å²) in [5.74, 6) is 4.48. The van der Waals surface area contributed by atoms with E-state index in [0.29, 0.717) is 24.0 Å².